The zero-order valence-electron chi connectivity index (χ0n) is 5.16. The third-order valence-corrected chi connectivity index (χ3v) is 2.00. The van der Waals surface area contributed by atoms with Crippen LogP contribution >= 0.6 is 11.3 Å². The van der Waals surface area contributed by atoms with E-state index in [0.29, 0.717) is 5.13 Å². The fourth-order valence-electron chi connectivity index (χ4n) is 0.399. The van der Waals surface area contributed by atoms with Crippen molar-refractivity contribution in [3.8, 4) is 0 Å². The van der Waals surface area contributed by atoms with Crippen molar-refractivity contribution >= 4 is 26.5 Å². The Morgan fingerprint density at radius 3 is 2.90 bits per heavy atom. The van der Waals surface area contributed by atoms with E-state index in [2.05, 4.69) is 15.9 Å². The van der Waals surface area contributed by atoms with Crippen molar-refractivity contribution in [2.24, 2.45) is 0 Å². The Bertz CT molecular complexity index is 289. The van der Waals surface area contributed by atoms with Crippen molar-refractivity contribution in [1.82, 2.24) is 4.98 Å². The molecule has 1 aromatic heterocycles. The fraction of sp³-hybridized carbons (Fsp3) is 0.250. The highest BCUT2D eigenvalue weighted by Crippen LogP contribution is 2.10. The molecule has 10 heavy (non-hydrogen) atoms. The van der Waals surface area contributed by atoms with Crippen molar-refractivity contribution in [2.45, 2.75) is 0 Å². The van der Waals surface area contributed by atoms with Gasteiger partial charge in [-0.05, 0) is 0 Å². The molecule has 1 rings (SSSR count). The van der Waals surface area contributed by atoms with E-state index >= 15 is 0 Å². The third kappa shape index (κ3) is 2.32. The molecule has 0 unspecified atom stereocenters. The lowest BCUT2D eigenvalue weighted by molar-refractivity contribution is 0.607. The van der Waals surface area contributed by atoms with Crippen LogP contribution in [0.1, 0.15) is 0 Å². The number of nitrogens with zero attached hydrogens (tertiary/aromatic N) is 1. The molecule has 0 saturated heterocycles. The predicted octanol–water partition coefficient (Wildman–Crippen LogP) is 0.315. The first-order chi connectivity index (χ1) is 4.58. The third-order valence-electron chi connectivity index (χ3n) is 0.662. The number of anilines is 1. The normalized spacial score (nSPS) is 11.3. The van der Waals surface area contributed by atoms with Gasteiger partial charge in [0.25, 0.3) is 0 Å². The minimum Gasteiger partial charge on any atom is -0.259 e. The van der Waals surface area contributed by atoms with Crippen LogP contribution in [0.25, 0.3) is 0 Å². The standard InChI is InChI=1S/C4H5N2O2S2/c1-10(7,8)6-4-5-2-3-9-4/h3H,1H3,(H,5,6). The highest BCUT2D eigenvalue weighted by molar-refractivity contribution is 7.92. The topological polar surface area (TPSA) is 59.1 Å². The van der Waals surface area contributed by atoms with Crippen LogP contribution in [0.4, 0.5) is 5.13 Å². The number of sulfonamides is 1. The van der Waals surface area contributed by atoms with E-state index in [9.17, 15) is 8.42 Å². The lowest BCUT2D eigenvalue weighted by Crippen LogP contribution is -2.08. The van der Waals surface area contributed by atoms with Gasteiger partial charge in [0, 0.05) is 5.38 Å². The summed E-state index contributed by atoms with van der Waals surface area (Å²) in [6.07, 6.45) is 3.57. The van der Waals surface area contributed by atoms with Gasteiger partial charge in [0.05, 0.1) is 6.26 Å². The Morgan fingerprint density at radius 1 is 1.80 bits per heavy atom. The summed E-state index contributed by atoms with van der Waals surface area (Å²) in [5.74, 6) is 0. The van der Waals surface area contributed by atoms with Gasteiger partial charge in [0.1, 0.15) is 6.20 Å². The SMILES string of the molecule is CS(=O)(=O)Nc1n[c]cs1. The van der Waals surface area contributed by atoms with Crippen molar-refractivity contribution in [3.05, 3.63) is 11.6 Å². The molecule has 0 saturated carbocycles. The average Bonchev–Trinajstić information content (AvgIpc) is 2.12. The van der Waals surface area contributed by atoms with Crippen LogP contribution in [0.3, 0.4) is 0 Å². The summed E-state index contributed by atoms with van der Waals surface area (Å²) >= 11 is 1.19. The number of hydrogen-bond donors (Lipinski definition) is 1. The molecule has 0 atom stereocenters. The van der Waals surface area contributed by atoms with Crippen LogP contribution in [-0.2, 0) is 10.0 Å². The number of thiazole rings is 1. The highest BCUT2D eigenvalue weighted by Gasteiger charge is 2.01. The lowest BCUT2D eigenvalue weighted by atomic mass is 11.0. The maximum atomic E-state index is 10.5. The highest BCUT2D eigenvalue weighted by atomic mass is 32.2. The average molecular weight is 177 g/mol. The summed E-state index contributed by atoms with van der Waals surface area (Å²) in [7, 11) is -3.17. The largest absolute Gasteiger partial charge is 0.259 e. The quantitative estimate of drug-likeness (QED) is 0.707. The van der Waals surface area contributed by atoms with Gasteiger partial charge >= 0.3 is 0 Å². The number of hydrogen-bond acceptors (Lipinski definition) is 4. The number of nitrogens with one attached hydrogen (secondary N) is 1. The van der Waals surface area contributed by atoms with Gasteiger partial charge in [-0.25, -0.2) is 13.4 Å². The molecule has 0 bridgehead atoms. The minimum absolute atomic E-state index is 0.350. The number of rotatable bonds is 2. The Labute approximate surface area is 63.0 Å². The van der Waals surface area contributed by atoms with E-state index in [-0.39, 0.29) is 0 Å². The lowest BCUT2D eigenvalue weighted by Gasteiger charge is -1.94. The van der Waals surface area contributed by atoms with Crippen LogP contribution in [0, 0.1) is 6.20 Å². The summed E-state index contributed by atoms with van der Waals surface area (Å²) < 4.78 is 23.3. The summed E-state index contributed by atoms with van der Waals surface area (Å²) in [5, 5.41) is 1.93. The van der Waals surface area contributed by atoms with E-state index < -0.39 is 10.0 Å². The molecule has 1 heterocycles. The maximum Gasteiger partial charge on any atom is 0.231 e. The van der Waals surface area contributed by atoms with E-state index in [1.165, 1.54) is 11.3 Å². The summed E-state index contributed by atoms with van der Waals surface area (Å²) in [4.78, 5) is 3.60. The molecule has 0 aliphatic heterocycles. The van der Waals surface area contributed by atoms with E-state index in [1.807, 2.05) is 0 Å². The molecule has 55 valence electrons. The van der Waals surface area contributed by atoms with Crippen LogP contribution in [0.2, 0.25) is 0 Å². The second-order valence-corrected chi connectivity index (χ2v) is 4.26. The molecule has 0 aliphatic carbocycles. The van der Waals surface area contributed by atoms with Crippen molar-refractivity contribution in [3.63, 3.8) is 0 Å². The van der Waals surface area contributed by atoms with Gasteiger partial charge in [-0.15, -0.1) is 11.3 Å². The van der Waals surface area contributed by atoms with Crippen molar-refractivity contribution in [2.75, 3.05) is 11.0 Å². The second kappa shape index (κ2) is 2.55. The van der Waals surface area contributed by atoms with Crippen LogP contribution in [-0.4, -0.2) is 19.7 Å². The monoisotopic (exact) mass is 177 g/mol. The Kier molecular flexibility index (Phi) is 1.91. The van der Waals surface area contributed by atoms with Crippen molar-refractivity contribution < 1.29 is 8.42 Å². The van der Waals surface area contributed by atoms with Gasteiger partial charge < -0.3 is 0 Å². The van der Waals surface area contributed by atoms with Crippen molar-refractivity contribution in [1.29, 1.82) is 0 Å². The first-order valence-corrected chi connectivity index (χ1v) is 5.14. The number of aromatic nitrogens is 1. The molecule has 0 aromatic carbocycles. The molecule has 1 aromatic rings. The molecule has 4 nitrogen and oxygen atoms in total. The van der Waals surface area contributed by atoms with Gasteiger partial charge in [0.2, 0.25) is 10.0 Å². The van der Waals surface area contributed by atoms with Gasteiger partial charge in [-0.2, -0.15) is 0 Å². The van der Waals surface area contributed by atoms with Crippen LogP contribution < -0.4 is 4.72 Å². The molecule has 0 aliphatic rings. The molecule has 1 radical (unpaired) electrons. The molecule has 0 fully saturated rings. The minimum atomic E-state index is -3.17. The van der Waals surface area contributed by atoms with Crippen LogP contribution in [0.15, 0.2) is 5.38 Å². The summed E-state index contributed by atoms with van der Waals surface area (Å²) in [6, 6.07) is 0. The molecule has 6 heteroatoms. The summed E-state index contributed by atoms with van der Waals surface area (Å²) in [6.45, 7) is 0. The fourth-order valence-corrected chi connectivity index (χ4v) is 1.73. The van der Waals surface area contributed by atoms with Gasteiger partial charge in [-0.3, -0.25) is 4.72 Å². The Hall–Kier alpha value is -0.620. The zero-order valence-corrected chi connectivity index (χ0v) is 6.79. The first kappa shape index (κ1) is 7.49. The Balaban J connectivity index is 2.75. The molecular weight excluding hydrogens is 172 g/mol. The Morgan fingerprint density at radius 2 is 2.50 bits per heavy atom. The molecule has 1 N–H and O–H groups in total. The molecule has 0 spiro atoms. The first-order valence-electron chi connectivity index (χ1n) is 2.37. The second-order valence-electron chi connectivity index (χ2n) is 1.66. The van der Waals surface area contributed by atoms with E-state index in [4.69, 9.17) is 0 Å². The molecular formula is C4H5N2O2S2. The van der Waals surface area contributed by atoms with Gasteiger partial charge in [0.15, 0.2) is 5.13 Å². The maximum absolute atomic E-state index is 10.5. The zero-order chi connectivity index (χ0) is 7.61. The summed E-state index contributed by atoms with van der Waals surface area (Å²) in [5.41, 5.74) is 0. The van der Waals surface area contributed by atoms with E-state index in [1.54, 1.807) is 5.38 Å². The molecule has 0 amide bonds. The smallest absolute Gasteiger partial charge is 0.231 e. The van der Waals surface area contributed by atoms with E-state index in [0.717, 1.165) is 6.26 Å². The van der Waals surface area contributed by atoms with Crippen LogP contribution in [0.5, 0.6) is 0 Å². The van der Waals surface area contributed by atoms with Gasteiger partial charge in [-0.1, -0.05) is 0 Å². The predicted molar refractivity (Wildman–Crippen MR) is 39.4 cm³/mol.